The molecule has 1 rings (SSSR count). The molecule has 0 spiro atoms. The van der Waals surface area contributed by atoms with Gasteiger partial charge in [0.15, 0.2) is 0 Å². The quantitative estimate of drug-likeness (QED) is 0.857. The smallest absolute Gasteiger partial charge is 0.220 e. The highest BCUT2D eigenvalue weighted by Gasteiger charge is 2.15. The zero-order valence-electron chi connectivity index (χ0n) is 12.7. The molecule has 0 saturated carbocycles. The monoisotopic (exact) mass is 262 g/mol. The number of carbonyl (C=O) groups excluding carboxylic acids is 1. The molecule has 0 aliphatic carbocycles. The lowest BCUT2D eigenvalue weighted by Gasteiger charge is -2.20. The Morgan fingerprint density at radius 1 is 1.37 bits per heavy atom. The SMILES string of the molecule is Cc1ccc(C(C)NC(=O)CCC(C)(C)N)c(C)c1. The fourth-order valence-corrected chi connectivity index (χ4v) is 2.14. The summed E-state index contributed by atoms with van der Waals surface area (Å²) in [6, 6.07) is 6.34. The Morgan fingerprint density at radius 3 is 2.53 bits per heavy atom. The van der Waals surface area contributed by atoms with Crippen molar-refractivity contribution >= 4 is 5.91 Å². The van der Waals surface area contributed by atoms with Crippen LogP contribution in [0.25, 0.3) is 0 Å². The maximum absolute atomic E-state index is 11.9. The van der Waals surface area contributed by atoms with Crippen LogP contribution in [0.5, 0.6) is 0 Å². The molecular formula is C16H26N2O. The van der Waals surface area contributed by atoms with Crippen LogP contribution in [0.2, 0.25) is 0 Å². The van der Waals surface area contributed by atoms with Crippen molar-refractivity contribution in [1.82, 2.24) is 5.32 Å². The summed E-state index contributed by atoms with van der Waals surface area (Å²) in [5.41, 5.74) is 9.22. The lowest BCUT2D eigenvalue weighted by atomic mass is 9.98. The molecule has 3 nitrogen and oxygen atoms in total. The van der Waals surface area contributed by atoms with Crippen LogP contribution in [0.4, 0.5) is 0 Å². The Balaban J connectivity index is 2.59. The van der Waals surface area contributed by atoms with E-state index >= 15 is 0 Å². The van der Waals surface area contributed by atoms with Crippen molar-refractivity contribution in [2.24, 2.45) is 5.73 Å². The summed E-state index contributed by atoms with van der Waals surface area (Å²) in [7, 11) is 0. The normalized spacial score (nSPS) is 13.2. The molecule has 1 unspecified atom stereocenters. The van der Waals surface area contributed by atoms with Gasteiger partial charge in [0.05, 0.1) is 6.04 Å². The average molecular weight is 262 g/mol. The number of amides is 1. The molecule has 106 valence electrons. The molecule has 0 radical (unpaired) electrons. The van der Waals surface area contributed by atoms with Gasteiger partial charge in [0.25, 0.3) is 0 Å². The number of hydrogen-bond donors (Lipinski definition) is 2. The van der Waals surface area contributed by atoms with Gasteiger partial charge >= 0.3 is 0 Å². The molecule has 3 N–H and O–H groups in total. The maximum atomic E-state index is 11.9. The van der Waals surface area contributed by atoms with Crippen LogP contribution in [0.15, 0.2) is 18.2 Å². The first-order valence-corrected chi connectivity index (χ1v) is 6.84. The summed E-state index contributed by atoms with van der Waals surface area (Å²) in [5, 5.41) is 3.03. The zero-order valence-corrected chi connectivity index (χ0v) is 12.7. The molecular weight excluding hydrogens is 236 g/mol. The van der Waals surface area contributed by atoms with E-state index in [0.717, 1.165) is 0 Å². The van der Waals surface area contributed by atoms with Gasteiger partial charge in [-0.3, -0.25) is 4.79 Å². The van der Waals surface area contributed by atoms with Gasteiger partial charge in [0.1, 0.15) is 0 Å². The molecule has 0 saturated heterocycles. The van der Waals surface area contributed by atoms with E-state index in [-0.39, 0.29) is 17.5 Å². The Morgan fingerprint density at radius 2 is 2.00 bits per heavy atom. The third-order valence-corrected chi connectivity index (χ3v) is 3.27. The van der Waals surface area contributed by atoms with Gasteiger partial charge in [-0.25, -0.2) is 0 Å². The minimum absolute atomic E-state index is 0.0361. The van der Waals surface area contributed by atoms with Crippen molar-refractivity contribution in [3.63, 3.8) is 0 Å². The Kier molecular flexibility index (Phi) is 5.12. The van der Waals surface area contributed by atoms with Gasteiger partial charge in [0, 0.05) is 12.0 Å². The van der Waals surface area contributed by atoms with E-state index in [1.165, 1.54) is 16.7 Å². The summed E-state index contributed by atoms with van der Waals surface area (Å²) < 4.78 is 0. The number of nitrogens with two attached hydrogens (primary N) is 1. The van der Waals surface area contributed by atoms with Crippen LogP contribution >= 0.6 is 0 Å². The van der Waals surface area contributed by atoms with E-state index in [9.17, 15) is 4.79 Å². The van der Waals surface area contributed by atoms with Crippen molar-refractivity contribution < 1.29 is 4.79 Å². The van der Waals surface area contributed by atoms with Crippen molar-refractivity contribution in [2.45, 2.75) is 59.0 Å². The molecule has 0 aromatic heterocycles. The van der Waals surface area contributed by atoms with Gasteiger partial charge in [-0.05, 0) is 52.2 Å². The highest BCUT2D eigenvalue weighted by molar-refractivity contribution is 5.76. The molecule has 1 aromatic carbocycles. The molecule has 1 atom stereocenters. The summed E-state index contributed by atoms with van der Waals surface area (Å²) in [4.78, 5) is 11.9. The second kappa shape index (κ2) is 6.20. The van der Waals surface area contributed by atoms with Gasteiger partial charge in [-0.15, -0.1) is 0 Å². The molecule has 1 amide bonds. The minimum Gasteiger partial charge on any atom is -0.350 e. The number of aryl methyl sites for hydroxylation is 2. The number of rotatable bonds is 5. The van der Waals surface area contributed by atoms with Crippen LogP contribution < -0.4 is 11.1 Å². The predicted octanol–water partition coefficient (Wildman–Crippen LogP) is 3.00. The van der Waals surface area contributed by atoms with Crippen LogP contribution in [-0.4, -0.2) is 11.4 Å². The second-order valence-electron chi connectivity index (χ2n) is 6.14. The molecule has 0 bridgehead atoms. The molecule has 0 heterocycles. The molecule has 19 heavy (non-hydrogen) atoms. The second-order valence-corrected chi connectivity index (χ2v) is 6.14. The van der Waals surface area contributed by atoms with Crippen molar-refractivity contribution in [3.8, 4) is 0 Å². The van der Waals surface area contributed by atoms with Crippen LogP contribution in [0, 0.1) is 13.8 Å². The van der Waals surface area contributed by atoms with Crippen LogP contribution in [0.3, 0.4) is 0 Å². The standard InChI is InChI=1S/C16H26N2O/c1-11-6-7-14(12(2)10-11)13(3)18-15(19)8-9-16(4,5)17/h6-7,10,13H,8-9,17H2,1-5H3,(H,18,19). The Hall–Kier alpha value is -1.35. The van der Waals surface area contributed by atoms with Gasteiger partial charge < -0.3 is 11.1 Å². The van der Waals surface area contributed by atoms with E-state index in [0.29, 0.717) is 12.8 Å². The first-order valence-electron chi connectivity index (χ1n) is 6.84. The number of carbonyl (C=O) groups is 1. The molecule has 1 aromatic rings. The molecule has 0 aliphatic heterocycles. The topological polar surface area (TPSA) is 55.1 Å². The van der Waals surface area contributed by atoms with Crippen LogP contribution in [0.1, 0.15) is 56.3 Å². The summed E-state index contributed by atoms with van der Waals surface area (Å²) in [6.45, 7) is 10.0. The Labute approximate surface area is 116 Å². The third-order valence-electron chi connectivity index (χ3n) is 3.27. The summed E-state index contributed by atoms with van der Waals surface area (Å²) >= 11 is 0. The van der Waals surface area contributed by atoms with Crippen molar-refractivity contribution in [2.75, 3.05) is 0 Å². The number of nitrogens with one attached hydrogen (secondary N) is 1. The Bertz CT molecular complexity index is 447. The zero-order chi connectivity index (χ0) is 14.6. The predicted molar refractivity (Wildman–Crippen MR) is 80.0 cm³/mol. The highest BCUT2D eigenvalue weighted by atomic mass is 16.1. The average Bonchev–Trinajstić information content (AvgIpc) is 2.25. The fourth-order valence-electron chi connectivity index (χ4n) is 2.14. The van der Waals surface area contributed by atoms with Gasteiger partial charge in [0.2, 0.25) is 5.91 Å². The van der Waals surface area contributed by atoms with E-state index < -0.39 is 0 Å². The maximum Gasteiger partial charge on any atom is 0.220 e. The van der Waals surface area contributed by atoms with Crippen molar-refractivity contribution in [3.05, 3.63) is 34.9 Å². The first kappa shape index (κ1) is 15.7. The number of benzene rings is 1. The van der Waals surface area contributed by atoms with E-state index in [1.807, 2.05) is 20.8 Å². The number of hydrogen-bond acceptors (Lipinski definition) is 2. The highest BCUT2D eigenvalue weighted by Crippen LogP contribution is 2.19. The van der Waals surface area contributed by atoms with Gasteiger partial charge in [-0.1, -0.05) is 23.8 Å². The van der Waals surface area contributed by atoms with E-state index in [4.69, 9.17) is 5.73 Å². The fraction of sp³-hybridized carbons (Fsp3) is 0.562. The molecule has 0 fully saturated rings. The van der Waals surface area contributed by atoms with Crippen LogP contribution in [-0.2, 0) is 4.79 Å². The molecule has 3 heteroatoms. The third kappa shape index (κ3) is 5.43. The largest absolute Gasteiger partial charge is 0.350 e. The van der Waals surface area contributed by atoms with E-state index in [1.54, 1.807) is 0 Å². The van der Waals surface area contributed by atoms with Gasteiger partial charge in [-0.2, -0.15) is 0 Å². The lowest BCUT2D eigenvalue weighted by Crippen LogP contribution is -2.35. The molecule has 0 aliphatic rings. The van der Waals surface area contributed by atoms with Crippen molar-refractivity contribution in [1.29, 1.82) is 0 Å². The first-order chi connectivity index (χ1) is 8.69. The summed E-state index contributed by atoms with van der Waals surface area (Å²) in [6.07, 6.45) is 1.16. The minimum atomic E-state index is -0.291. The lowest BCUT2D eigenvalue weighted by molar-refractivity contribution is -0.122. The summed E-state index contributed by atoms with van der Waals surface area (Å²) in [5.74, 6) is 0.0611. The van der Waals surface area contributed by atoms with E-state index in [2.05, 4.69) is 37.4 Å².